The quantitative estimate of drug-likeness (QED) is 0.790. The molecule has 0 aromatic carbocycles. The molecule has 6 heteroatoms. The highest BCUT2D eigenvalue weighted by Gasteiger charge is 2.43. The number of furan rings is 1. The minimum Gasteiger partial charge on any atom is -0.469 e. The van der Waals surface area contributed by atoms with Gasteiger partial charge in [-0.2, -0.15) is 10.5 Å². The molecule has 2 rings (SSSR count). The molecule has 0 amide bonds. The van der Waals surface area contributed by atoms with E-state index >= 15 is 0 Å². The number of hydrogen-bond acceptors (Lipinski definition) is 6. The van der Waals surface area contributed by atoms with Crippen molar-refractivity contribution in [2.45, 2.75) is 5.92 Å². The van der Waals surface area contributed by atoms with Gasteiger partial charge in [-0.25, -0.2) is 0 Å². The van der Waals surface area contributed by atoms with Crippen LogP contribution in [-0.4, -0.2) is 10.1 Å². The first-order valence-corrected chi connectivity index (χ1v) is 5.68. The number of rotatable bonds is 1. The zero-order valence-electron chi connectivity index (χ0n) is 8.68. The van der Waals surface area contributed by atoms with E-state index in [1.165, 1.54) is 6.26 Å². The Morgan fingerprint density at radius 2 is 1.76 bits per heavy atom. The Labute approximate surface area is 102 Å². The average molecular weight is 244 g/mol. The molecule has 1 fully saturated rings. The van der Waals surface area contributed by atoms with Crippen LogP contribution in [-0.2, 0) is 0 Å². The third-order valence-corrected chi connectivity index (χ3v) is 3.60. The average Bonchev–Trinajstić information content (AvgIpc) is 2.81. The highest BCUT2D eigenvalue weighted by atomic mass is 32.2. The molecule has 2 atom stereocenters. The number of nitriles is 2. The van der Waals surface area contributed by atoms with Crippen molar-refractivity contribution < 1.29 is 4.42 Å². The van der Waals surface area contributed by atoms with E-state index in [1.54, 1.807) is 12.1 Å². The molecule has 0 bridgehead atoms. The number of nitrogens with zero attached hydrogens (tertiary/aromatic N) is 2. The Hall–Kier alpha value is -2.05. The predicted molar refractivity (Wildman–Crippen MR) is 62.7 cm³/mol. The van der Waals surface area contributed by atoms with Crippen molar-refractivity contribution in [3.63, 3.8) is 0 Å². The van der Waals surface area contributed by atoms with Gasteiger partial charge in [0.1, 0.15) is 17.6 Å². The van der Waals surface area contributed by atoms with Crippen LogP contribution in [0.4, 0.5) is 0 Å². The van der Waals surface area contributed by atoms with Gasteiger partial charge in [0.15, 0.2) is 0 Å². The lowest BCUT2D eigenvalue weighted by Crippen LogP contribution is -2.34. The van der Waals surface area contributed by atoms with E-state index in [0.717, 1.165) is 11.8 Å². The second kappa shape index (κ2) is 4.44. The topological polar surface area (TPSA) is 108 Å². The van der Waals surface area contributed by atoms with Crippen molar-refractivity contribution >= 4 is 21.8 Å². The van der Waals surface area contributed by atoms with Crippen LogP contribution < -0.4 is 0 Å². The van der Waals surface area contributed by atoms with Gasteiger partial charge in [0, 0.05) is 0 Å². The van der Waals surface area contributed by atoms with E-state index in [-0.39, 0.29) is 10.1 Å². The van der Waals surface area contributed by atoms with Gasteiger partial charge in [-0.3, -0.25) is 10.8 Å². The summed E-state index contributed by atoms with van der Waals surface area (Å²) in [5.74, 6) is -1.51. The van der Waals surface area contributed by atoms with Gasteiger partial charge in [0.05, 0.1) is 34.4 Å². The third-order valence-electron chi connectivity index (χ3n) is 2.65. The molecular weight excluding hydrogens is 236 g/mol. The van der Waals surface area contributed by atoms with E-state index < -0.39 is 17.8 Å². The Morgan fingerprint density at radius 1 is 1.18 bits per heavy atom. The second-order valence-corrected chi connectivity index (χ2v) is 4.67. The summed E-state index contributed by atoms with van der Waals surface area (Å²) in [6.45, 7) is 0. The smallest absolute Gasteiger partial charge is 0.110 e. The molecule has 1 aliphatic heterocycles. The minimum atomic E-state index is -0.718. The zero-order chi connectivity index (χ0) is 12.4. The molecule has 5 nitrogen and oxygen atoms in total. The van der Waals surface area contributed by atoms with Crippen LogP contribution in [0.3, 0.4) is 0 Å². The molecule has 0 spiro atoms. The van der Waals surface area contributed by atoms with Crippen LogP contribution in [0.2, 0.25) is 0 Å². The van der Waals surface area contributed by atoms with E-state index in [2.05, 4.69) is 0 Å². The van der Waals surface area contributed by atoms with Crippen molar-refractivity contribution in [3.05, 3.63) is 24.2 Å². The first-order valence-electron chi connectivity index (χ1n) is 4.86. The Kier molecular flexibility index (Phi) is 2.99. The van der Waals surface area contributed by atoms with Crippen LogP contribution in [0.15, 0.2) is 22.8 Å². The van der Waals surface area contributed by atoms with E-state index in [9.17, 15) is 0 Å². The molecule has 17 heavy (non-hydrogen) atoms. The molecule has 84 valence electrons. The Morgan fingerprint density at radius 3 is 2.18 bits per heavy atom. The minimum absolute atomic E-state index is 0.102. The maximum Gasteiger partial charge on any atom is 0.110 e. The maximum atomic E-state index is 9.10. The van der Waals surface area contributed by atoms with Crippen LogP contribution >= 0.6 is 11.8 Å². The van der Waals surface area contributed by atoms with E-state index in [4.69, 9.17) is 25.8 Å². The number of nitrogens with one attached hydrogen (secondary N) is 2. The maximum absolute atomic E-state index is 9.10. The third kappa shape index (κ3) is 1.83. The fraction of sp³-hybridized carbons (Fsp3) is 0.273. The molecule has 1 aromatic rings. The molecular formula is C11H8N4OS. The Bertz CT molecular complexity index is 505. The monoisotopic (exact) mass is 244 g/mol. The zero-order valence-corrected chi connectivity index (χ0v) is 9.49. The lowest BCUT2D eigenvalue weighted by molar-refractivity contribution is 0.423. The van der Waals surface area contributed by atoms with Crippen LogP contribution in [0, 0.1) is 45.3 Å². The van der Waals surface area contributed by atoms with Crippen LogP contribution in [0.5, 0.6) is 0 Å². The predicted octanol–water partition coefficient (Wildman–Crippen LogP) is 2.34. The number of hydrogen-bond donors (Lipinski definition) is 2. The van der Waals surface area contributed by atoms with Crippen molar-refractivity contribution in [2.75, 3.05) is 0 Å². The molecule has 2 heterocycles. The van der Waals surface area contributed by atoms with Gasteiger partial charge in [-0.1, -0.05) is 11.8 Å². The summed E-state index contributed by atoms with van der Waals surface area (Å²) in [7, 11) is 0. The first kappa shape index (κ1) is 11.4. The van der Waals surface area contributed by atoms with Crippen molar-refractivity contribution in [2.24, 2.45) is 11.8 Å². The van der Waals surface area contributed by atoms with Gasteiger partial charge in [-0.15, -0.1) is 0 Å². The molecule has 1 saturated heterocycles. The summed E-state index contributed by atoms with van der Waals surface area (Å²) in [6.07, 6.45) is 1.47. The summed E-state index contributed by atoms with van der Waals surface area (Å²) < 4.78 is 5.23. The van der Waals surface area contributed by atoms with Crippen molar-refractivity contribution in [3.8, 4) is 12.1 Å². The second-order valence-electron chi connectivity index (χ2n) is 3.59. The molecule has 1 aromatic heterocycles. The van der Waals surface area contributed by atoms with Crippen LogP contribution in [0.1, 0.15) is 11.7 Å². The van der Waals surface area contributed by atoms with E-state index in [0.29, 0.717) is 5.76 Å². The molecule has 0 saturated carbocycles. The molecule has 2 unspecified atom stereocenters. The Balaban J connectivity index is 2.48. The molecule has 2 N–H and O–H groups in total. The molecule has 0 aliphatic carbocycles. The van der Waals surface area contributed by atoms with Gasteiger partial charge >= 0.3 is 0 Å². The summed E-state index contributed by atoms with van der Waals surface area (Å²) in [6, 6.07) is 7.40. The highest BCUT2D eigenvalue weighted by Crippen LogP contribution is 2.42. The van der Waals surface area contributed by atoms with Crippen LogP contribution in [0.25, 0.3) is 0 Å². The summed E-state index contributed by atoms with van der Waals surface area (Å²) in [4.78, 5) is 0. The summed E-state index contributed by atoms with van der Waals surface area (Å²) >= 11 is 0.888. The summed E-state index contributed by atoms with van der Waals surface area (Å²) in [5.41, 5.74) is 0. The fourth-order valence-electron chi connectivity index (χ4n) is 1.85. The van der Waals surface area contributed by atoms with Gasteiger partial charge in [0.25, 0.3) is 0 Å². The fourth-order valence-corrected chi connectivity index (χ4v) is 2.74. The standard InChI is InChI=1S/C11H8N4OS/c12-4-6-9(8-2-1-3-16-8)7(5-13)11(15)17-10(6)14/h1-3,6-7,9,14-15H. The lowest BCUT2D eigenvalue weighted by Gasteiger charge is -2.29. The first-order chi connectivity index (χ1) is 8.19. The largest absolute Gasteiger partial charge is 0.469 e. The van der Waals surface area contributed by atoms with Gasteiger partial charge in [0.2, 0.25) is 0 Å². The van der Waals surface area contributed by atoms with E-state index in [1.807, 2.05) is 12.1 Å². The lowest BCUT2D eigenvalue weighted by atomic mass is 9.81. The molecule has 1 aliphatic rings. The molecule has 0 radical (unpaired) electrons. The normalized spacial score (nSPS) is 28.5. The van der Waals surface area contributed by atoms with Crippen molar-refractivity contribution in [1.29, 1.82) is 21.3 Å². The van der Waals surface area contributed by atoms with Gasteiger partial charge < -0.3 is 4.42 Å². The highest BCUT2D eigenvalue weighted by molar-refractivity contribution is 8.26. The SMILES string of the molecule is N#CC1C(=N)SC(=N)C(C#N)C1c1ccco1. The summed E-state index contributed by atoms with van der Waals surface area (Å²) in [5, 5.41) is 33.9. The number of thioether (sulfide) groups is 1. The van der Waals surface area contributed by atoms with Gasteiger partial charge in [-0.05, 0) is 12.1 Å². The van der Waals surface area contributed by atoms with Crippen molar-refractivity contribution in [1.82, 2.24) is 0 Å².